The first-order valence-corrected chi connectivity index (χ1v) is 4.86. The van der Waals surface area contributed by atoms with Crippen molar-refractivity contribution in [3.8, 4) is 6.07 Å². The van der Waals surface area contributed by atoms with Crippen LogP contribution < -0.4 is 4.90 Å². The molecular formula is C10H12N4O2. The molecule has 0 aliphatic heterocycles. The van der Waals surface area contributed by atoms with Gasteiger partial charge in [-0.25, -0.2) is 14.8 Å². The molecule has 1 N–H and O–H groups in total. The first-order valence-electron chi connectivity index (χ1n) is 4.86. The predicted molar refractivity (Wildman–Crippen MR) is 57.1 cm³/mol. The van der Waals surface area contributed by atoms with Crippen molar-refractivity contribution in [2.24, 2.45) is 0 Å². The van der Waals surface area contributed by atoms with Gasteiger partial charge in [0.2, 0.25) is 0 Å². The van der Waals surface area contributed by atoms with Crippen LogP contribution in [0.25, 0.3) is 0 Å². The van der Waals surface area contributed by atoms with E-state index in [1.54, 1.807) is 0 Å². The molecule has 6 nitrogen and oxygen atoms in total. The zero-order valence-corrected chi connectivity index (χ0v) is 8.92. The van der Waals surface area contributed by atoms with Crippen molar-refractivity contribution in [2.75, 3.05) is 18.0 Å². The third kappa shape index (κ3) is 2.92. The van der Waals surface area contributed by atoms with Crippen LogP contribution in [-0.4, -0.2) is 34.1 Å². The summed E-state index contributed by atoms with van der Waals surface area (Å²) >= 11 is 0. The number of anilines is 1. The summed E-state index contributed by atoms with van der Waals surface area (Å²) < 4.78 is 0. The Labute approximate surface area is 93.2 Å². The van der Waals surface area contributed by atoms with Crippen molar-refractivity contribution in [3.05, 3.63) is 18.1 Å². The molecule has 1 aromatic heterocycles. The van der Waals surface area contributed by atoms with Crippen LogP contribution in [0.2, 0.25) is 0 Å². The molecule has 0 bridgehead atoms. The highest BCUT2D eigenvalue weighted by Crippen LogP contribution is 2.08. The zero-order chi connectivity index (χ0) is 12.0. The number of carbonyl (C=O) groups is 1. The van der Waals surface area contributed by atoms with E-state index in [0.29, 0.717) is 25.3 Å². The maximum absolute atomic E-state index is 10.6. The van der Waals surface area contributed by atoms with Gasteiger partial charge < -0.3 is 10.0 Å². The lowest BCUT2D eigenvalue weighted by Crippen LogP contribution is -2.25. The molecule has 0 radical (unpaired) electrons. The summed E-state index contributed by atoms with van der Waals surface area (Å²) in [7, 11) is 0. The fraction of sp³-hybridized carbons (Fsp3) is 0.400. The Kier molecular flexibility index (Phi) is 4.21. The van der Waals surface area contributed by atoms with E-state index in [1.807, 2.05) is 17.9 Å². The molecule has 1 heterocycles. The minimum absolute atomic E-state index is 0.0833. The van der Waals surface area contributed by atoms with E-state index >= 15 is 0 Å². The lowest BCUT2D eigenvalue weighted by molar-refractivity contribution is 0.0690. The van der Waals surface area contributed by atoms with Gasteiger partial charge in [-0.05, 0) is 6.92 Å². The van der Waals surface area contributed by atoms with E-state index in [1.165, 1.54) is 12.4 Å². The van der Waals surface area contributed by atoms with Crippen molar-refractivity contribution < 1.29 is 9.90 Å². The molecule has 0 aliphatic rings. The molecule has 16 heavy (non-hydrogen) atoms. The van der Waals surface area contributed by atoms with Crippen LogP contribution in [0.1, 0.15) is 23.8 Å². The Morgan fingerprint density at radius 2 is 2.31 bits per heavy atom. The second-order valence-electron chi connectivity index (χ2n) is 3.05. The van der Waals surface area contributed by atoms with E-state index in [4.69, 9.17) is 10.4 Å². The predicted octanol–water partition coefficient (Wildman–Crippen LogP) is 0.915. The fourth-order valence-electron chi connectivity index (χ4n) is 1.21. The number of rotatable bonds is 5. The van der Waals surface area contributed by atoms with Crippen molar-refractivity contribution in [1.29, 1.82) is 5.26 Å². The van der Waals surface area contributed by atoms with Crippen LogP contribution in [0, 0.1) is 11.3 Å². The third-order valence-electron chi connectivity index (χ3n) is 2.06. The first kappa shape index (κ1) is 11.9. The summed E-state index contributed by atoms with van der Waals surface area (Å²) in [5.41, 5.74) is -0.0833. The summed E-state index contributed by atoms with van der Waals surface area (Å²) in [5, 5.41) is 17.1. The molecule has 0 unspecified atom stereocenters. The van der Waals surface area contributed by atoms with Gasteiger partial charge in [-0.1, -0.05) is 0 Å². The van der Waals surface area contributed by atoms with Crippen LogP contribution in [0.4, 0.5) is 5.82 Å². The van der Waals surface area contributed by atoms with Gasteiger partial charge in [0.05, 0.1) is 24.9 Å². The molecule has 0 saturated carbocycles. The van der Waals surface area contributed by atoms with Gasteiger partial charge in [-0.3, -0.25) is 0 Å². The normalized spacial score (nSPS) is 9.50. The Hall–Kier alpha value is -2.16. The minimum atomic E-state index is -1.10. The average Bonchev–Trinajstić information content (AvgIpc) is 2.30. The van der Waals surface area contributed by atoms with Crippen molar-refractivity contribution in [2.45, 2.75) is 13.3 Å². The minimum Gasteiger partial charge on any atom is -0.476 e. The topological polar surface area (TPSA) is 90.1 Å². The van der Waals surface area contributed by atoms with Crippen LogP contribution in [0.5, 0.6) is 0 Å². The van der Waals surface area contributed by atoms with Crippen LogP contribution in [0.15, 0.2) is 12.4 Å². The standard InChI is InChI=1S/C10H12N4O2/c1-2-14(5-3-4-11)9-7-12-8(6-13-9)10(15)16/h6-7H,2-3,5H2,1H3,(H,15,16). The molecule has 0 amide bonds. The SMILES string of the molecule is CCN(CCC#N)c1cnc(C(=O)O)cn1. The Morgan fingerprint density at radius 3 is 2.75 bits per heavy atom. The highest BCUT2D eigenvalue weighted by Gasteiger charge is 2.08. The molecule has 0 aromatic carbocycles. The van der Waals surface area contributed by atoms with Gasteiger partial charge in [0.15, 0.2) is 5.69 Å². The van der Waals surface area contributed by atoms with Gasteiger partial charge >= 0.3 is 5.97 Å². The molecule has 1 aromatic rings. The monoisotopic (exact) mass is 220 g/mol. The summed E-state index contributed by atoms with van der Waals surface area (Å²) in [5.74, 6) is -0.512. The average molecular weight is 220 g/mol. The van der Waals surface area contributed by atoms with E-state index < -0.39 is 5.97 Å². The lowest BCUT2D eigenvalue weighted by atomic mass is 10.4. The Balaban J connectivity index is 2.78. The van der Waals surface area contributed by atoms with Gasteiger partial charge in [0.25, 0.3) is 0 Å². The first-order chi connectivity index (χ1) is 7.69. The molecule has 6 heteroatoms. The quantitative estimate of drug-likeness (QED) is 0.793. The summed E-state index contributed by atoms with van der Waals surface area (Å²) in [4.78, 5) is 20.2. The second kappa shape index (κ2) is 5.66. The van der Waals surface area contributed by atoms with E-state index in [0.717, 1.165) is 0 Å². The number of nitrogens with zero attached hydrogens (tertiary/aromatic N) is 4. The van der Waals surface area contributed by atoms with Gasteiger partial charge in [-0.15, -0.1) is 0 Å². The molecule has 0 aliphatic carbocycles. The lowest BCUT2D eigenvalue weighted by Gasteiger charge is -2.19. The Morgan fingerprint density at radius 1 is 1.56 bits per heavy atom. The smallest absolute Gasteiger partial charge is 0.356 e. The van der Waals surface area contributed by atoms with Crippen molar-refractivity contribution in [1.82, 2.24) is 9.97 Å². The highest BCUT2D eigenvalue weighted by molar-refractivity contribution is 5.84. The number of carboxylic acid groups (broad SMARTS) is 1. The van der Waals surface area contributed by atoms with Gasteiger partial charge in [0, 0.05) is 13.1 Å². The summed E-state index contributed by atoms with van der Waals surface area (Å²) in [6.07, 6.45) is 3.02. The number of aromatic carboxylic acids is 1. The maximum Gasteiger partial charge on any atom is 0.356 e. The Bertz CT molecular complexity index is 396. The molecule has 84 valence electrons. The number of carboxylic acids is 1. The van der Waals surface area contributed by atoms with Crippen LogP contribution >= 0.6 is 0 Å². The number of aromatic nitrogens is 2. The largest absolute Gasteiger partial charge is 0.476 e. The molecule has 0 fully saturated rings. The zero-order valence-electron chi connectivity index (χ0n) is 8.92. The van der Waals surface area contributed by atoms with E-state index in [2.05, 4.69) is 9.97 Å². The van der Waals surface area contributed by atoms with Crippen molar-refractivity contribution >= 4 is 11.8 Å². The molecule has 0 atom stereocenters. The summed E-state index contributed by atoms with van der Waals surface area (Å²) in [6.45, 7) is 3.20. The van der Waals surface area contributed by atoms with Crippen LogP contribution in [0.3, 0.4) is 0 Å². The third-order valence-corrected chi connectivity index (χ3v) is 2.06. The molecule has 0 saturated heterocycles. The fourth-order valence-corrected chi connectivity index (χ4v) is 1.21. The van der Waals surface area contributed by atoms with Crippen LogP contribution in [-0.2, 0) is 0 Å². The highest BCUT2D eigenvalue weighted by atomic mass is 16.4. The van der Waals surface area contributed by atoms with E-state index in [9.17, 15) is 4.79 Å². The number of hydrogen-bond donors (Lipinski definition) is 1. The maximum atomic E-state index is 10.6. The van der Waals surface area contributed by atoms with E-state index in [-0.39, 0.29) is 5.69 Å². The molecular weight excluding hydrogens is 208 g/mol. The molecule has 0 spiro atoms. The van der Waals surface area contributed by atoms with Crippen molar-refractivity contribution in [3.63, 3.8) is 0 Å². The van der Waals surface area contributed by atoms with Gasteiger partial charge in [0.1, 0.15) is 5.82 Å². The molecule has 1 rings (SSSR count). The van der Waals surface area contributed by atoms with Gasteiger partial charge in [-0.2, -0.15) is 5.26 Å². The number of hydrogen-bond acceptors (Lipinski definition) is 5. The second-order valence-corrected chi connectivity index (χ2v) is 3.05. The number of nitriles is 1. The summed E-state index contributed by atoms with van der Waals surface area (Å²) in [6, 6.07) is 2.05.